The van der Waals surface area contributed by atoms with Crippen LogP contribution in [0.3, 0.4) is 0 Å². The van der Waals surface area contributed by atoms with E-state index in [4.69, 9.17) is 11.6 Å². The van der Waals surface area contributed by atoms with E-state index in [2.05, 4.69) is 4.90 Å². The van der Waals surface area contributed by atoms with Crippen LogP contribution >= 0.6 is 11.6 Å². The molecule has 3 rings (SSSR count). The van der Waals surface area contributed by atoms with Crippen molar-refractivity contribution in [3.63, 3.8) is 0 Å². The van der Waals surface area contributed by atoms with E-state index in [1.54, 1.807) is 0 Å². The highest BCUT2D eigenvalue weighted by atomic mass is 35.5. The summed E-state index contributed by atoms with van der Waals surface area (Å²) < 4.78 is 0. The SMILES string of the molecule is O=C(CCc1ccccc1Cl)N1CCN([C@@H]2CCC[C@H]2O)CC1. The molecule has 1 saturated heterocycles. The van der Waals surface area contributed by atoms with Crippen molar-refractivity contribution in [1.29, 1.82) is 0 Å². The molecule has 1 N–H and O–H groups in total. The first kappa shape index (κ1) is 16.7. The third-order valence-electron chi connectivity index (χ3n) is 5.15. The average molecular weight is 337 g/mol. The number of aliphatic hydroxyl groups is 1. The number of carbonyl (C=O) groups is 1. The molecule has 0 spiro atoms. The van der Waals surface area contributed by atoms with E-state index in [9.17, 15) is 9.90 Å². The Kier molecular flexibility index (Phi) is 5.57. The maximum Gasteiger partial charge on any atom is 0.222 e. The first-order chi connectivity index (χ1) is 11.1. The van der Waals surface area contributed by atoms with Crippen molar-refractivity contribution in [1.82, 2.24) is 9.80 Å². The number of hydrogen-bond donors (Lipinski definition) is 1. The molecule has 2 atom stereocenters. The highest BCUT2D eigenvalue weighted by Gasteiger charge is 2.33. The Hall–Kier alpha value is -1.10. The first-order valence-corrected chi connectivity index (χ1v) is 8.96. The Bertz CT molecular complexity index is 544. The number of halogens is 1. The van der Waals surface area contributed by atoms with E-state index in [0.717, 1.165) is 56.0 Å². The van der Waals surface area contributed by atoms with Crippen LogP contribution in [0.5, 0.6) is 0 Å². The minimum absolute atomic E-state index is 0.183. The standard InChI is InChI=1S/C18H25ClN2O2/c19-15-5-2-1-4-14(15)8-9-18(23)21-12-10-20(11-13-21)16-6-3-7-17(16)22/h1-2,4-5,16-17,22H,3,6-13H2/t16-,17-/m1/s1. The lowest BCUT2D eigenvalue weighted by molar-refractivity contribution is -0.133. The fourth-order valence-corrected chi connectivity index (χ4v) is 3.98. The van der Waals surface area contributed by atoms with Crippen LogP contribution in [0.2, 0.25) is 5.02 Å². The largest absolute Gasteiger partial charge is 0.391 e. The molecule has 1 saturated carbocycles. The van der Waals surface area contributed by atoms with Crippen LogP contribution in [-0.4, -0.2) is 59.1 Å². The first-order valence-electron chi connectivity index (χ1n) is 8.58. The quantitative estimate of drug-likeness (QED) is 0.917. The van der Waals surface area contributed by atoms with Gasteiger partial charge in [0.05, 0.1) is 6.10 Å². The number of aliphatic hydroxyl groups excluding tert-OH is 1. The van der Waals surface area contributed by atoms with Gasteiger partial charge in [0.2, 0.25) is 5.91 Å². The highest BCUT2D eigenvalue weighted by Crippen LogP contribution is 2.25. The van der Waals surface area contributed by atoms with E-state index in [1.807, 2.05) is 29.2 Å². The highest BCUT2D eigenvalue weighted by molar-refractivity contribution is 6.31. The third-order valence-corrected chi connectivity index (χ3v) is 5.51. The maximum atomic E-state index is 12.4. The number of piperazine rings is 1. The second kappa shape index (κ2) is 7.65. The molecule has 1 amide bonds. The lowest BCUT2D eigenvalue weighted by Gasteiger charge is -2.39. The molecule has 1 aromatic rings. The smallest absolute Gasteiger partial charge is 0.222 e. The van der Waals surface area contributed by atoms with Crippen molar-refractivity contribution in [2.24, 2.45) is 0 Å². The van der Waals surface area contributed by atoms with Gasteiger partial charge in [0, 0.05) is 43.7 Å². The minimum Gasteiger partial charge on any atom is -0.391 e. The summed E-state index contributed by atoms with van der Waals surface area (Å²) in [4.78, 5) is 16.7. The van der Waals surface area contributed by atoms with Gasteiger partial charge in [-0.05, 0) is 37.3 Å². The van der Waals surface area contributed by atoms with Gasteiger partial charge in [-0.25, -0.2) is 0 Å². The number of hydrogen-bond acceptors (Lipinski definition) is 3. The van der Waals surface area contributed by atoms with Gasteiger partial charge in [-0.1, -0.05) is 29.8 Å². The summed E-state index contributed by atoms with van der Waals surface area (Å²) in [5.41, 5.74) is 1.04. The molecule has 126 valence electrons. The fourth-order valence-electron chi connectivity index (χ4n) is 3.75. The van der Waals surface area contributed by atoms with Gasteiger partial charge in [-0.3, -0.25) is 9.69 Å². The van der Waals surface area contributed by atoms with Crippen LogP contribution < -0.4 is 0 Å². The van der Waals surface area contributed by atoms with Crippen LogP contribution in [-0.2, 0) is 11.2 Å². The van der Waals surface area contributed by atoms with E-state index in [0.29, 0.717) is 18.9 Å². The molecule has 0 unspecified atom stereocenters. The molecule has 0 bridgehead atoms. The summed E-state index contributed by atoms with van der Waals surface area (Å²) in [5, 5.41) is 10.8. The number of nitrogens with zero attached hydrogens (tertiary/aromatic N) is 2. The second-order valence-electron chi connectivity index (χ2n) is 6.57. The van der Waals surface area contributed by atoms with E-state index in [-0.39, 0.29) is 12.0 Å². The number of amides is 1. The van der Waals surface area contributed by atoms with Gasteiger partial charge in [0.1, 0.15) is 0 Å². The lowest BCUT2D eigenvalue weighted by atomic mass is 10.1. The van der Waals surface area contributed by atoms with Gasteiger partial charge < -0.3 is 10.0 Å². The van der Waals surface area contributed by atoms with Crippen LogP contribution in [0.4, 0.5) is 0 Å². The van der Waals surface area contributed by atoms with Crippen molar-refractivity contribution in [3.05, 3.63) is 34.9 Å². The number of rotatable bonds is 4. The van der Waals surface area contributed by atoms with E-state index in [1.165, 1.54) is 0 Å². The number of benzene rings is 1. The molecule has 0 aromatic heterocycles. The van der Waals surface area contributed by atoms with Gasteiger partial charge in [-0.15, -0.1) is 0 Å². The zero-order valence-electron chi connectivity index (χ0n) is 13.5. The van der Waals surface area contributed by atoms with Crippen molar-refractivity contribution in [3.8, 4) is 0 Å². The van der Waals surface area contributed by atoms with Crippen molar-refractivity contribution >= 4 is 17.5 Å². The molecule has 0 radical (unpaired) electrons. The Labute approximate surface area is 143 Å². The summed E-state index contributed by atoms with van der Waals surface area (Å²) in [6.45, 7) is 3.29. The lowest BCUT2D eigenvalue weighted by Crippen LogP contribution is -2.53. The molecule has 23 heavy (non-hydrogen) atoms. The fraction of sp³-hybridized carbons (Fsp3) is 0.611. The third kappa shape index (κ3) is 4.06. The summed E-state index contributed by atoms with van der Waals surface area (Å²) >= 11 is 6.14. The Morgan fingerprint density at radius 2 is 1.91 bits per heavy atom. The van der Waals surface area contributed by atoms with Crippen LogP contribution in [0.15, 0.2) is 24.3 Å². The molecule has 2 fully saturated rings. The normalized spacial score (nSPS) is 25.7. The molecule has 1 aliphatic carbocycles. The predicted octanol–water partition coefficient (Wildman–Crippen LogP) is 2.33. The van der Waals surface area contributed by atoms with Gasteiger partial charge in [0.25, 0.3) is 0 Å². The van der Waals surface area contributed by atoms with E-state index < -0.39 is 0 Å². The number of carbonyl (C=O) groups excluding carboxylic acids is 1. The molecular weight excluding hydrogens is 312 g/mol. The monoisotopic (exact) mass is 336 g/mol. The topological polar surface area (TPSA) is 43.8 Å². The number of aryl methyl sites for hydroxylation is 1. The predicted molar refractivity (Wildman–Crippen MR) is 91.6 cm³/mol. The summed E-state index contributed by atoms with van der Waals surface area (Å²) in [5.74, 6) is 0.205. The summed E-state index contributed by atoms with van der Waals surface area (Å²) in [7, 11) is 0. The van der Waals surface area contributed by atoms with Crippen molar-refractivity contribution in [2.45, 2.75) is 44.2 Å². The van der Waals surface area contributed by atoms with Gasteiger partial charge in [0.15, 0.2) is 0 Å². The molecule has 2 aliphatic rings. The second-order valence-corrected chi connectivity index (χ2v) is 6.98. The molecule has 1 aromatic carbocycles. The van der Waals surface area contributed by atoms with Crippen LogP contribution in [0, 0.1) is 0 Å². The van der Waals surface area contributed by atoms with Gasteiger partial charge >= 0.3 is 0 Å². The molecule has 4 nitrogen and oxygen atoms in total. The minimum atomic E-state index is -0.183. The molecule has 1 heterocycles. The Balaban J connectivity index is 1.46. The zero-order valence-corrected chi connectivity index (χ0v) is 14.2. The van der Waals surface area contributed by atoms with Crippen molar-refractivity contribution < 1.29 is 9.90 Å². The van der Waals surface area contributed by atoms with Gasteiger partial charge in [-0.2, -0.15) is 0 Å². The van der Waals surface area contributed by atoms with E-state index >= 15 is 0 Å². The molecule has 5 heteroatoms. The zero-order chi connectivity index (χ0) is 16.2. The molecular formula is C18H25ClN2O2. The summed E-state index contributed by atoms with van der Waals surface area (Å²) in [6, 6.07) is 8.01. The Morgan fingerprint density at radius 3 is 2.57 bits per heavy atom. The summed E-state index contributed by atoms with van der Waals surface area (Å²) in [6.07, 6.45) is 4.14. The maximum absolute atomic E-state index is 12.4. The average Bonchev–Trinajstić information content (AvgIpc) is 3.00. The van der Waals surface area contributed by atoms with Crippen LogP contribution in [0.25, 0.3) is 0 Å². The van der Waals surface area contributed by atoms with Crippen molar-refractivity contribution in [2.75, 3.05) is 26.2 Å². The Morgan fingerprint density at radius 1 is 1.17 bits per heavy atom. The van der Waals surface area contributed by atoms with Crippen LogP contribution in [0.1, 0.15) is 31.2 Å². The molecule has 1 aliphatic heterocycles.